The highest BCUT2D eigenvalue weighted by atomic mass is 16.5. The number of hydrogen-bond donors (Lipinski definition) is 1. The number of amides is 3. The zero-order valence-corrected chi connectivity index (χ0v) is 19.9. The molecule has 188 valence electrons. The Morgan fingerprint density at radius 3 is 2.78 bits per heavy atom. The van der Waals surface area contributed by atoms with Gasteiger partial charge in [0, 0.05) is 33.3 Å². The van der Waals surface area contributed by atoms with Gasteiger partial charge in [0.15, 0.2) is 0 Å². The molecule has 1 N–H and O–H groups in total. The van der Waals surface area contributed by atoms with E-state index in [1.54, 1.807) is 21.5 Å². The number of rotatable bonds is 5. The summed E-state index contributed by atoms with van der Waals surface area (Å²) < 4.78 is 8.19. The number of hydrogen-bond acceptors (Lipinski definition) is 7. The number of ether oxygens (including phenoxy) is 1. The van der Waals surface area contributed by atoms with Crippen LogP contribution in [0.4, 0.5) is 0 Å². The fraction of sp³-hybridized carbons (Fsp3) is 0.480. The Hall–Kier alpha value is -3.57. The second-order valence-corrected chi connectivity index (χ2v) is 9.78. The lowest BCUT2D eigenvalue weighted by Crippen LogP contribution is -2.55. The van der Waals surface area contributed by atoms with Crippen molar-refractivity contribution in [2.24, 2.45) is 11.8 Å². The monoisotopic (exact) mass is 492 g/mol. The maximum absolute atomic E-state index is 14.1. The van der Waals surface area contributed by atoms with Crippen molar-refractivity contribution in [1.82, 2.24) is 29.7 Å². The molecule has 0 saturated carbocycles. The van der Waals surface area contributed by atoms with Crippen LogP contribution in [0.1, 0.15) is 6.42 Å². The molecule has 11 heteroatoms. The Bertz CT molecular complexity index is 1290. The van der Waals surface area contributed by atoms with Gasteiger partial charge < -0.3 is 24.5 Å². The molecule has 2 saturated heterocycles. The number of likely N-dealkylation sites (tertiary alicyclic amines) is 1. The molecular weight excluding hydrogens is 464 g/mol. The third-order valence-corrected chi connectivity index (χ3v) is 7.73. The molecule has 2 fully saturated rings. The van der Waals surface area contributed by atoms with Crippen molar-refractivity contribution in [2.45, 2.75) is 30.8 Å². The van der Waals surface area contributed by atoms with Gasteiger partial charge in [-0.25, -0.2) is 4.68 Å². The van der Waals surface area contributed by atoms with E-state index >= 15 is 0 Å². The molecule has 4 aliphatic heterocycles. The summed E-state index contributed by atoms with van der Waals surface area (Å²) in [5.74, 6) is -2.28. The molecule has 36 heavy (non-hydrogen) atoms. The van der Waals surface area contributed by atoms with E-state index in [1.165, 1.54) is 4.90 Å². The number of benzene rings is 1. The molecule has 2 aromatic rings. The largest absolute Gasteiger partial charge is 0.396 e. The first-order valence-electron chi connectivity index (χ1n) is 12.2. The third kappa shape index (κ3) is 3.22. The van der Waals surface area contributed by atoms with Gasteiger partial charge in [-0.15, -0.1) is 5.10 Å². The predicted octanol–water partition coefficient (Wildman–Crippen LogP) is -0.221. The molecule has 3 amide bonds. The molecule has 6 rings (SSSR count). The molecule has 1 unspecified atom stereocenters. The average molecular weight is 493 g/mol. The zero-order chi connectivity index (χ0) is 25.0. The number of nitrogens with zero attached hydrogens (tertiary/aromatic N) is 6. The van der Waals surface area contributed by atoms with Crippen molar-refractivity contribution >= 4 is 28.8 Å². The Kier molecular flexibility index (Phi) is 5.41. The molecule has 1 aromatic carbocycles. The van der Waals surface area contributed by atoms with Crippen LogP contribution < -0.4 is 0 Å². The van der Waals surface area contributed by atoms with Crippen molar-refractivity contribution in [2.75, 3.05) is 33.3 Å². The van der Waals surface area contributed by atoms with Crippen LogP contribution in [0.3, 0.4) is 0 Å². The van der Waals surface area contributed by atoms with Gasteiger partial charge in [0.1, 0.15) is 23.8 Å². The first-order chi connectivity index (χ1) is 17.5. The Balaban J connectivity index is 1.40. The summed E-state index contributed by atoms with van der Waals surface area (Å²) in [4.78, 5) is 46.1. The normalized spacial score (nSPS) is 31.6. The van der Waals surface area contributed by atoms with E-state index in [9.17, 15) is 19.5 Å². The number of aliphatic hydroxyl groups is 1. The maximum Gasteiger partial charge on any atom is 0.250 e. The topological polar surface area (TPSA) is 121 Å². The summed E-state index contributed by atoms with van der Waals surface area (Å²) in [6.07, 6.45) is 7.08. The van der Waals surface area contributed by atoms with Crippen molar-refractivity contribution in [1.29, 1.82) is 0 Å². The highest BCUT2D eigenvalue weighted by molar-refractivity contribution is 5.99. The minimum atomic E-state index is -1.27. The van der Waals surface area contributed by atoms with Gasteiger partial charge >= 0.3 is 0 Å². The highest BCUT2D eigenvalue weighted by Gasteiger charge is 2.71. The van der Waals surface area contributed by atoms with Gasteiger partial charge in [-0.05, 0) is 18.6 Å². The van der Waals surface area contributed by atoms with Crippen LogP contribution in [0.5, 0.6) is 0 Å². The van der Waals surface area contributed by atoms with Gasteiger partial charge in [0.05, 0.1) is 23.5 Å². The van der Waals surface area contributed by atoms with Crippen molar-refractivity contribution < 1.29 is 24.2 Å². The molecular formula is C25H28N6O5. The van der Waals surface area contributed by atoms with E-state index < -0.39 is 29.6 Å². The summed E-state index contributed by atoms with van der Waals surface area (Å²) in [6.45, 7) is 0.956. The number of aromatic nitrogens is 3. The number of carbonyl (C=O) groups is 3. The van der Waals surface area contributed by atoms with Gasteiger partial charge in [-0.3, -0.25) is 14.4 Å². The van der Waals surface area contributed by atoms with E-state index in [0.717, 1.165) is 11.0 Å². The molecule has 1 spiro atoms. The number of aliphatic hydroxyl groups excluding tert-OH is 1. The Morgan fingerprint density at radius 2 is 1.94 bits per heavy atom. The molecule has 5 atom stereocenters. The number of carbonyl (C=O) groups excluding carboxylic acids is 3. The molecule has 11 nitrogen and oxygen atoms in total. The van der Waals surface area contributed by atoms with E-state index in [-0.39, 0.29) is 37.5 Å². The number of likely N-dealkylation sites (N-methyl/N-ethyl adjacent to an activating group) is 1. The quantitative estimate of drug-likeness (QED) is 0.573. The molecule has 4 aliphatic rings. The maximum atomic E-state index is 14.1. The summed E-state index contributed by atoms with van der Waals surface area (Å²) in [7, 11) is 1.71. The summed E-state index contributed by atoms with van der Waals surface area (Å²) in [5.41, 5.74) is 0.251. The summed E-state index contributed by atoms with van der Waals surface area (Å²) in [6, 6.07) is 6.55. The van der Waals surface area contributed by atoms with E-state index in [2.05, 4.69) is 10.3 Å². The lowest BCUT2D eigenvalue weighted by atomic mass is 9.77. The van der Waals surface area contributed by atoms with Crippen molar-refractivity contribution in [3.63, 3.8) is 0 Å². The molecule has 0 aliphatic carbocycles. The van der Waals surface area contributed by atoms with E-state index in [4.69, 9.17) is 4.74 Å². The van der Waals surface area contributed by atoms with Gasteiger partial charge in [-0.2, -0.15) is 0 Å². The first-order valence-corrected chi connectivity index (χ1v) is 12.2. The molecule has 5 heterocycles. The zero-order valence-electron chi connectivity index (χ0n) is 19.9. The standard InChI is InChI=1S/C25H28N6O5/c1-28-11-4-9-18-19(22(28)33)20-23(34)30(13-6-14-32)21-24(35)29(12-5-10-25(20,21)36-18)15-31-17-8-3-2-7-16(17)26-27-31/h2-5,7-10,18-21,32H,6,11-15H2,1H3/t18-,19+,20+,21?,25+/m1/s1. The SMILES string of the molecule is CN1CC=C[C@H]2O[C@]34C=CCN(Cn5nnc6ccccc65)C(=O)C3N(CCCO)C(=O)[C@@H]4[C@H]2C1=O. The fourth-order valence-corrected chi connectivity index (χ4v) is 6.10. The second kappa shape index (κ2) is 8.52. The second-order valence-electron chi connectivity index (χ2n) is 9.78. The van der Waals surface area contributed by atoms with Crippen LogP contribution in [0.25, 0.3) is 11.0 Å². The van der Waals surface area contributed by atoms with Gasteiger partial charge in [-0.1, -0.05) is 41.7 Å². The van der Waals surface area contributed by atoms with Crippen LogP contribution in [0.15, 0.2) is 48.6 Å². The molecule has 0 radical (unpaired) electrons. The average Bonchev–Trinajstić information content (AvgIpc) is 3.43. The lowest BCUT2D eigenvalue weighted by Gasteiger charge is -2.35. The Labute approximate surface area is 207 Å². The Morgan fingerprint density at radius 1 is 1.11 bits per heavy atom. The summed E-state index contributed by atoms with van der Waals surface area (Å²) in [5, 5.41) is 17.9. The van der Waals surface area contributed by atoms with Crippen molar-refractivity contribution in [3.8, 4) is 0 Å². The van der Waals surface area contributed by atoms with E-state index in [0.29, 0.717) is 19.5 Å². The van der Waals surface area contributed by atoms with Crippen LogP contribution in [-0.4, -0.2) is 104 Å². The van der Waals surface area contributed by atoms with Gasteiger partial charge in [0.25, 0.3) is 5.91 Å². The van der Waals surface area contributed by atoms with Crippen LogP contribution in [-0.2, 0) is 25.8 Å². The van der Waals surface area contributed by atoms with Crippen LogP contribution in [0, 0.1) is 11.8 Å². The molecule has 0 bridgehead atoms. The number of para-hydroxylation sites is 1. The minimum Gasteiger partial charge on any atom is -0.396 e. The number of fused-ring (bicyclic) bond motifs is 3. The highest BCUT2D eigenvalue weighted by Crippen LogP contribution is 2.53. The van der Waals surface area contributed by atoms with Crippen LogP contribution >= 0.6 is 0 Å². The first kappa shape index (κ1) is 22.9. The minimum absolute atomic E-state index is 0.121. The van der Waals surface area contributed by atoms with Crippen molar-refractivity contribution in [3.05, 3.63) is 48.6 Å². The third-order valence-electron chi connectivity index (χ3n) is 7.73. The fourth-order valence-electron chi connectivity index (χ4n) is 6.10. The van der Waals surface area contributed by atoms with E-state index in [1.807, 2.05) is 48.6 Å². The lowest BCUT2D eigenvalue weighted by molar-refractivity contribution is -0.149. The smallest absolute Gasteiger partial charge is 0.250 e. The molecule has 1 aromatic heterocycles. The van der Waals surface area contributed by atoms with Crippen LogP contribution in [0.2, 0.25) is 0 Å². The predicted molar refractivity (Wildman–Crippen MR) is 127 cm³/mol. The summed E-state index contributed by atoms with van der Waals surface area (Å²) >= 11 is 0. The van der Waals surface area contributed by atoms with Gasteiger partial charge in [0.2, 0.25) is 11.8 Å².